The van der Waals surface area contributed by atoms with E-state index in [2.05, 4.69) is 15.5 Å². The first kappa shape index (κ1) is 17.4. The number of nitrogens with one attached hydrogen (secondary N) is 1. The molecule has 3 aromatic rings. The quantitative estimate of drug-likeness (QED) is 0.664. The van der Waals surface area contributed by atoms with Crippen LogP contribution < -0.4 is 11.1 Å². The number of nitrogens with zero attached hydrogens (tertiary/aromatic N) is 2. The minimum Gasteiger partial charge on any atom is -0.366 e. The zero-order valence-electron chi connectivity index (χ0n) is 13.4. The smallest absolute Gasteiger partial charge is 0.248 e. The molecule has 128 valence electrons. The van der Waals surface area contributed by atoms with Crippen molar-refractivity contribution in [1.82, 2.24) is 10.2 Å². The zero-order chi connectivity index (χ0) is 17.6. The van der Waals surface area contributed by atoms with Crippen molar-refractivity contribution in [1.29, 1.82) is 0 Å². The van der Waals surface area contributed by atoms with Crippen LogP contribution in [0.3, 0.4) is 0 Å². The van der Waals surface area contributed by atoms with Gasteiger partial charge in [-0.25, -0.2) is 0 Å². The lowest BCUT2D eigenvalue weighted by Gasteiger charge is -2.04. The first-order valence-corrected chi connectivity index (χ1v) is 8.99. The predicted octanol–water partition coefficient (Wildman–Crippen LogP) is 3.54. The molecule has 7 heteroatoms. The number of benzene rings is 2. The van der Waals surface area contributed by atoms with Gasteiger partial charge in [0, 0.05) is 23.6 Å². The summed E-state index contributed by atoms with van der Waals surface area (Å²) >= 11 is 7.43. The molecule has 0 unspecified atom stereocenters. The van der Waals surface area contributed by atoms with E-state index < -0.39 is 5.91 Å². The SMILES string of the molecule is NC(=O)c1cccc(CCNc2nnc(Cc3ccc(Cl)cc3)s2)c1. The Balaban J connectivity index is 1.52. The molecule has 0 spiro atoms. The molecule has 0 saturated heterocycles. The molecule has 1 aromatic heterocycles. The summed E-state index contributed by atoms with van der Waals surface area (Å²) in [6, 6.07) is 15.1. The largest absolute Gasteiger partial charge is 0.366 e. The Bertz CT molecular complexity index is 864. The molecule has 2 aromatic carbocycles. The average molecular weight is 373 g/mol. The fourth-order valence-electron chi connectivity index (χ4n) is 2.37. The summed E-state index contributed by atoms with van der Waals surface area (Å²) in [6.45, 7) is 0.706. The van der Waals surface area contributed by atoms with Crippen LogP contribution in [0.1, 0.15) is 26.5 Å². The second-order valence-electron chi connectivity index (χ2n) is 5.55. The number of carbonyl (C=O) groups excluding carboxylic acids is 1. The van der Waals surface area contributed by atoms with Crippen LogP contribution in [0.4, 0.5) is 5.13 Å². The molecule has 0 aliphatic rings. The first-order valence-electron chi connectivity index (χ1n) is 7.79. The molecule has 0 atom stereocenters. The van der Waals surface area contributed by atoms with Crippen LogP contribution in [0.2, 0.25) is 5.02 Å². The highest BCUT2D eigenvalue weighted by Crippen LogP contribution is 2.19. The van der Waals surface area contributed by atoms with Crippen LogP contribution in [0.15, 0.2) is 48.5 Å². The Kier molecular flexibility index (Phi) is 5.63. The molecule has 3 N–H and O–H groups in total. The highest BCUT2D eigenvalue weighted by Gasteiger charge is 2.06. The number of amides is 1. The summed E-state index contributed by atoms with van der Waals surface area (Å²) in [4.78, 5) is 11.2. The number of carbonyl (C=O) groups is 1. The zero-order valence-corrected chi connectivity index (χ0v) is 15.0. The summed E-state index contributed by atoms with van der Waals surface area (Å²) in [5, 5.41) is 14.1. The molecular formula is C18H17ClN4OS. The average Bonchev–Trinajstić information content (AvgIpc) is 3.04. The predicted molar refractivity (Wildman–Crippen MR) is 101 cm³/mol. The van der Waals surface area contributed by atoms with Crippen molar-refractivity contribution in [3.63, 3.8) is 0 Å². The molecule has 1 heterocycles. The van der Waals surface area contributed by atoms with E-state index >= 15 is 0 Å². The second kappa shape index (κ2) is 8.09. The fraction of sp³-hybridized carbons (Fsp3) is 0.167. The third-order valence-corrected chi connectivity index (χ3v) is 4.77. The van der Waals surface area contributed by atoms with Crippen molar-refractivity contribution in [2.24, 2.45) is 5.73 Å². The van der Waals surface area contributed by atoms with Crippen LogP contribution >= 0.6 is 22.9 Å². The molecule has 0 radical (unpaired) electrons. The van der Waals surface area contributed by atoms with Crippen LogP contribution in [-0.2, 0) is 12.8 Å². The Hall–Kier alpha value is -2.44. The summed E-state index contributed by atoms with van der Waals surface area (Å²) in [6.07, 6.45) is 1.50. The number of anilines is 1. The normalized spacial score (nSPS) is 10.6. The summed E-state index contributed by atoms with van der Waals surface area (Å²) in [7, 11) is 0. The molecule has 25 heavy (non-hydrogen) atoms. The van der Waals surface area contributed by atoms with Gasteiger partial charge < -0.3 is 11.1 Å². The third kappa shape index (κ3) is 5.01. The van der Waals surface area contributed by atoms with Gasteiger partial charge in [0.05, 0.1) is 0 Å². The number of primary amides is 1. The van der Waals surface area contributed by atoms with Gasteiger partial charge in [0.1, 0.15) is 5.01 Å². The maximum Gasteiger partial charge on any atom is 0.248 e. The minimum atomic E-state index is -0.411. The van der Waals surface area contributed by atoms with Gasteiger partial charge in [0.15, 0.2) is 0 Å². The van der Waals surface area contributed by atoms with Crippen LogP contribution in [0.25, 0.3) is 0 Å². The summed E-state index contributed by atoms with van der Waals surface area (Å²) < 4.78 is 0. The van der Waals surface area contributed by atoms with E-state index in [1.54, 1.807) is 6.07 Å². The molecule has 0 aliphatic carbocycles. The minimum absolute atomic E-state index is 0.411. The van der Waals surface area contributed by atoms with Gasteiger partial charge in [-0.05, 0) is 41.8 Å². The van der Waals surface area contributed by atoms with Crippen molar-refractivity contribution >= 4 is 34.0 Å². The maximum atomic E-state index is 11.2. The first-order chi connectivity index (χ1) is 12.1. The lowest BCUT2D eigenvalue weighted by atomic mass is 10.1. The van der Waals surface area contributed by atoms with Gasteiger partial charge in [-0.1, -0.05) is 47.2 Å². The number of rotatable bonds is 7. The van der Waals surface area contributed by atoms with Crippen molar-refractivity contribution < 1.29 is 4.79 Å². The third-order valence-electron chi connectivity index (χ3n) is 3.64. The van der Waals surface area contributed by atoms with Gasteiger partial charge in [-0.2, -0.15) is 0 Å². The van der Waals surface area contributed by atoms with Gasteiger partial charge in [0.2, 0.25) is 11.0 Å². The Morgan fingerprint density at radius 1 is 1.12 bits per heavy atom. The monoisotopic (exact) mass is 372 g/mol. The van der Waals surface area contributed by atoms with E-state index in [9.17, 15) is 4.79 Å². The fourth-order valence-corrected chi connectivity index (χ4v) is 3.29. The van der Waals surface area contributed by atoms with E-state index in [0.29, 0.717) is 12.1 Å². The van der Waals surface area contributed by atoms with Crippen molar-refractivity contribution in [2.45, 2.75) is 12.8 Å². The molecule has 0 saturated carbocycles. The van der Waals surface area contributed by atoms with Gasteiger partial charge >= 0.3 is 0 Å². The van der Waals surface area contributed by atoms with Crippen LogP contribution in [-0.4, -0.2) is 22.6 Å². The Labute approximate surface area is 154 Å². The molecule has 0 bridgehead atoms. The van der Waals surface area contributed by atoms with Crippen LogP contribution in [0.5, 0.6) is 0 Å². The van der Waals surface area contributed by atoms with Gasteiger partial charge in [-0.3, -0.25) is 4.79 Å². The highest BCUT2D eigenvalue weighted by atomic mass is 35.5. The van der Waals surface area contributed by atoms with E-state index in [-0.39, 0.29) is 0 Å². The van der Waals surface area contributed by atoms with Gasteiger partial charge in [-0.15, -0.1) is 10.2 Å². The maximum absolute atomic E-state index is 11.2. The molecular weight excluding hydrogens is 356 g/mol. The van der Waals surface area contributed by atoms with E-state index in [1.165, 1.54) is 11.3 Å². The van der Waals surface area contributed by atoms with E-state index in [0.717, 1.165) is 39.1 Å². The summed E-state index contributed by atoms with van der Waals surface area (Å²) in [5.74, 6) is -0.411. The number of hydrogen-bond acceptors (Lipinski definition) is 5. The molecule has 3 rings (SSSR count). The Morgan fingerprint density at radius 2 is 1.92 bits per heavy atom. The second-order valence-corrected chi connectivity index (χ2v) is 7.04. The molecule has 1 amide bonds. The summed E-state index contributed by atoms with van der Waals surface area (Å²) in [5.41, 5.74) is 8.02. The van der Waals surface area contributed by atoms with Crippen molar-refractivity contribution in [2.75, 3.05) is 11.9 Å². The molecule has 0 fully saturated rings. The number of nitrogens with two attached hydrogens (primary N) is 1. The Morgan fingerprint density at radius 3 is 2.68 bits per heavy atom. The topological polar surface area (TPSA) is 80.9 Å². The standard InChI is InChI=1S/C18H17ClN4OS/c19-15-6-4-13(5-7-15)11-16-22-23-18(25-16)21-9-8-12-2-1-3-14(10-12)17(20)24/h1-7,10H,8-9,11H2,(H2,20,24)(H,21,23). The van der Waals surface area contributed by atoms with Crippen molar-refractivity contribution in [3.05, 3.63) is 75.3 Å². The van der Waals surface area contributed by atoms with E-state index in [4.69, 9.17) is 17.3 Å². The van der Waals surface area contributed by atoms with Crippen LogP contribution in [0, 0.1) is 0 Å². The number of aromatic nitrogens is 2. The van der Waals surface area contributed by atoms with Crippen molar-refractivity contribution in [3.8, 4) is 0 Å². The lowest BCUT2D eigenvalue weighted by Crippen LogP contribution is -2.11. The number of halogens is 1. The molecule has 5 nitrogen and oxygen atoms in total. The lowest BCUT2D eigenvalue weighted by molar-refractivity contribution is 0.1000. The van der Waals surface area contributed by atoms with Gasteiger partial charge in [0.25, 0.3) is 0 Å². The highest BCUT2D eigenvalue weighted by molar-refractivity contribution is 7.15. The molecule has 0 aliphatic heterocycles. The number of hydrogen-bond donors (Lipinski definition) is 2. The van der Waals surface area contributed by atoms with E-state index in [1.807, 2.05) is 42.5 Å².